The van der Waals surface area contributed by atoms with Gasteiger partial charge in [0.25, 0.3) is 5.56 Å². The van der Waals surface area contributed by atoms with Gasteiger partial charge >= 0.3 is 0 Å². The van der Waals surface area contributed by atoms with Crippen molar-refractivity contribution in [3.63, 3.8) is 0 Å². The molecule has 1 aliphatic rings. The summed E-state index contributed by atoms with van der Waals surface area (Å²) in [6.45, 7) is 4.72. The van der Waals surface area contributed by atoms with Crippen LogP contribution in [-0.4, -0.2) is 56.0 Å². The number of hydrogen-bond donors (Lipinski definition) is 3. The highest BCUT2D eigenvalue weighted by Gasteiger charge is 2.29. The van der Waals surface area contributed by atoms with E-state index >= 15 is 0 Å². The minimum atomic E-state index is -3.90. The van der Waals surface area contributed by atoms with E-state index in [0.717, 1.165) is 39.3 Å². The van der Waals surface area contributed by atoms with Gasteiger partial charge in [0.2, 0.25) is 9.84 Å². The van der Waals surface area contributed by atoms with Crippen molar-refractivity contribution < 1.29 is 18.1 Å². The van der Waals surface area contributed by atoms with Crippen LogP contribution in [0.4, 0.5) is 5.82 Å². The van der Waals surface area contributed by atoms with Crippen LogP contribution in [0.1, 0.15) is 6.42 Å². The van der Waals surface area contributed by atoms with Gasteiger partial charge in [0.15, 0.2) is 0 Å². The number of fused-ring (bicyclic) bond motifs is 1. The first kappa shape index (κ1) is 19.6. The van der Waals surface area contributed by atoms with Crippen LogP contribution in [0, 0.1) is 0 Å². The van der Waals surface area contributed by atoms with Crippen LogP contribution in [0.15, 0.2) is 51.1 Å². The topological polar surface area (TPSA) is 125 Å². The second-order valence-electron chi connectivity index (χ2n) is 7.11. The van der Waals surface area contributed by atoms with Crippen LogP contribution in [0.2, 0.25) is 0 Å². The van der Waals surface area contributed by atoms with E-state index in [1.165, 1.54) is 23.2 Å². The quantitative estimate of drug-likeness (QED) is 0.493. The van der Waals surface area contributed by atoms with Crippen molar-refractivity contribution >= 4 is 26.6 Å². The maximum atomic E-state index is 13.3. The van der Waals surface area contributed by atoms with Crippen molar-refractivity contribution in [3.05, 3.63) is 46.9 Å². The number of morpholine rings is 1. The van der Waals surface area contributed by atoms with Gasteiger partial charge in [0.05, 0.1) is 30.9 Å². The number of quaternary nitrogens is 1. The summed E-state index contributed by atoms with van der Waals surface area (Å²) in [6.07, 6.45) is 2.11. The summed E-state index contributed by atoms with van der Waals surface area (Å²) in [5.74, 6) is 0.0688. The van der Waals surface area contributed by atoms with Crippen LogP contribution >= 0.6 is 0 Å². The first-order valence-electron chi connectivity index (χ1n) is 9.57. The Kier molecular flexibility index (Phi) is 5.39. The average molecular weight is 418 g/mol. The molecule has 0 bridgehead atoms. The summed E-state index contributed by atoms with van der Waals surface area (Å²) in [5.41, 5.74) is 6.09. The number of nitrogens with zero attached hydrogens (tertiary/aromatic N) is 2. The lowest BCUT2D eigenvalue weighted by Gasteiger charge is -2.23. The van der Waals surface area contributed by atoms with Crippen LogP contribution in [0.25, 0.3) is 10.9 Å². The molecule has 0 spiro atoms. The van der Waals surface area contributed by atoms with Crippen LogP contribution in [0.5, 0.6) is 0 Å². The lowest BCUT2D eigenvalue weighted by atomic mass is 10.3. The van der Waals surface area contributed by atoms with Gasteiger partial charge in [-0.1, -0.05) is 18.2 Å². The summed E-state index contributed by atoms with van der Waals surface area (Å²) in [5, 5.41) is 6.43. The molecule has 1 fully saturated rings. The number of ether oxygens (including phenoxy) is 1. The molecule has 154 valence electrons. The molecule has 1 saturated heterocycles. The van der Waals surface area contributed by atoms with Crippen molar-refractivity contribution in [1.29, 1.82) is 0 Å². The van der Waals surface area contributed by atoms with Gasteiger partial charge < -0.3 is 19.9 Å². The monoisotopic (exact) mass is 418 g/mol. The van der Waals surface area contributed by atoms with Crippen LogP contribution in [-0.2, 0) is 21.1 Å². The molecular weight excluding hydrogens is 394 g/mol. The van der Waals surface area contributed by atoms with Crippen molar-refractivity contribution in [2.24, 2.45) is 0 Å². The first-order chi connectivity index (χ1) is 14.0. The third-order valence-corrected chi connectivity index (χ3v) is 7.16. The zero-order valence-corrected chi connectivity index (χ0v) is 16.7. The van der Waals surface area contributed by atoms with Crippen molar-refractivity contribution in [3.8, 4) is 0 Å². The fourth-order valence-corrected chi connectivity index (χ4v) is 5.41. The lowest BCUT2D eigenvalue weighted by molar-refractivity contribution is -0.908. The van der Waals surface area contributed by atoms with E-state index in [2.05, 4.69) is 10.2 Å². The maximum absolute atomic E-state index is 13.3. The van der Waals surface area contributed by atoms with Crippen LogP contribution in [0.3, 0.4) is 0 Å². The molecule has 4 N–H and O–H groups in total. The Morgan fingerprint density at radius 1 is 1.21 bits per heavy atom. The number of benzene rings is 1. The third kappa shape index (κ3) is 3.66. The van der Waals surface area contributed by atoms with Gasteiger partial charge in [0, 0.05) is 18.4 Å². The molecule has 2 aromatic heterocycles. The largest absolute Gasteiger partial charge is 0.384 e. The number of aryl methyl sites for hydroxylation is 1. The van der Waals surface area contributed by atoms with E-state index in [0.29, 0.717) is 6.54 Å². The highest BCUT2D eigenvalue weighted by atomic mass is 32.2. The zero-order chi connectivity index (χ0) is 20.4. The molecule has 0 aliphatic carbocycles. The number of sulfone groups is 1. The fraction of sp³-hybridized carbons (Fsp3) is 0.368. The third-order valence-electron chi connectivity index (χ3n) is 5.30. The molecule has 0 amide bonds. The second kappa shape index (κ2) is 7.97. The molecule has 9 nitrogen and oxygen atoms in total. The van der Waals surface area contributed by atoms with Gasteiger partial charge in [-0.15, -0.1) is 0 Å². The van der Waals surface area contributed by atoms with Crippen molar-refractivity contribution in [2.75, 3.05) is 38.6 Å². The van der Waals surface area contributed by atoms with Crippen molar-refractivity contribution in [1.82, 2.24) is 14.8 Å². The summed E-state index contributed by atoms with van der Waals surface area (Å²) in [7, 11) is -3.90. The number of nitrogen functional groups attached to an aromatic ring is 1. The molecule has 0 atom stereocenters. The van der Waals surface area contributed by atoms with E-state index in [9.17, 15) is 13.2 Å². The molecule has 0 unspecified atom stereocenters. The number of nitrogens with one attached hydrogen (secondary N) is 2. The normalized spacial score (nSPS) is 15.7. The Labute approximate surface area is 168 Å². The zero-order valence-electron chi connectivity index (χ0n) is 15.9. The molecule has 0 radical (unpaired) electrons. The molecule has 3 heterocycles. The number of hydrogen-bond acceptors (Lipinski definition) is 6. The van der Waals surface area contributed by atoms with Gasteiger partial charge in [0.1, 0.15) is 29.3 Å². The fourth-order valence-electron chi connectivity index (χ4n) is 3.84. The minimum Gasteiger partial charge on any atom is -0.384 e. The number of rotatable bonds is 6. The van der Waals surface area contributed by atoms with E-state index in [1.807, 2.05) is 0 Å². The molecule has 4 rings (SSSR count). The molecule has 0 saturated carbocycles. The predicted molar refractivity (Wildman–Crippen MR) is 108 cm³/mol. The molecule has 3 aromatic rings. The van der Waals surface area contributed by atoms with Gasteiger partial charge in [-0.25, -0.2) is 13.5 Å². The predicted octanol–water partition coefficient (Wildman–Crippen LogP) is -0.555. The van der Waals surface area contributed by atoms with E-state index in [-0.39, 0.29) is 26.5 Å². The average Bonchev–Trinajstić information content (AvgIpc) is 3.03. The Morgan fingerprint density at radius 3 is 2.66 bits per heavy atom. The van der Waals surface area contributed by atoms with E-state index in [1.54, 1.807) is 22.8 Å². The molecule has 29 heavy (non-hydrogen) atoms. The summed E-state index contributed by atoms with van der Waals surface area (Å²) >= 11 is 0. The standard InChI is InChI=1S/C19H23N5O4S/c20-18-17(29(26,27)14-5-2-1-3-6-14)15-13-21-22-19(25)16(15)24(18)8-4-7-23-9-11-28-12-10-23/h1-3,5-6,13H,4,7-12,20H2,(H,22,25)/p+1. The Bertz CT molecular complexity index is 1160. The number of aromatic amines is 1. The van der Waals surface area contributed by atoms with Crippen LogP contribution < -0.4 is 16.2 Å². The Balaban J connectivity index is 1.74. The number of aromatic nitrogens is 3. The van der Waals surface area contributed by atoms with Gasteiger partial charge in [-0.2, -0.15) is 5.10 Å². The highest BCUT2D eigenvalue weighted by molar-refractivity contribution is 7.92. The number of anilines is 1. The number of nitrogens with two attached hydrogens (primary N) is 1. The minimum absolute atomic E-state index is 0.0592. The smallest absolute Gasteiger partial charge is 0.288 e. The summed E-state index contributed by atoms with van der Waals surface area (Å²) in [4.78, 5) is 14.0. The maximum Gasteiger partial charge on any atom is 0.288 e. The Hall–Kier alpha value is -2.69. The lowest BCUT2D eigenvalue weighted by Crippen LogP contribution is -3.14. The molecular formula is C19H24N5O4S+. The Morgan fingerprint density at radius 2 is 1.93 bits per heavy atom. The van der Waals surface area contributed by atoms with Gasteiger partial charge in [-0.3, -0.25) is 4.79 Å². The highest BCUT2D eigenvalue weighted by Crippen LogP contribution is 2.34. The SMILES string of the molecule is Nc1c(S(=O)(=O)c2ccccc2)c2cn[nH]c(=O)c2n1CCC[NH+]1CCOCC1. The number of H-pyrrole nitrogens is 1. The second-order valence-corrected chi connectivity index (χ2v) is 9.00. The molecule has 10 heteroatoms. The van der Waals surface area contributed by atoms with E-state index in [4.69, 9.17) is 10.5 Å². The summed E-state index contributed by atoms with van der Waals surface area (Å²) in [6, 6.07) is 8.07. The molecule has 1 aliphatic heterocycles. The summed E-state index contributed by atoms with van der Waals surface area (Å²) < 4.78 is 33.5. The molecule has 1 aromatic carbocycles. The first-order valence-corrected chi connectivity index (χ1v) is 11.1. The van der Waals surface area contributed by atoms with Gasteiger partial charge in [-0.05, 0) is 12.1 Å². The van der Waals surface area contributed by atoms with Crippen molar-refractivity contribution in [2.45, 2.75) is 22.8 Å². The van der Waals surface area contributed by atoms with E-state index < -0.39 is 15.4 Å².